The van der Waals surface area contributed by atoms with E-state index >= 15 is 0 Å². The first kappa shape index (κ1) is 29.3. The molecule has 0 aliphatic carbocycles. The third kappa shape index (κ3) is 8.22. The molecule has 0 spiro atoms. The summed E-state index contributed by atoms with van der Waals surface area (Å²) in [6, 6.07) is 1.80. The smallest absolute Gasteiger partial charge is 0.389 e. The van der Waals surface area contributed by atoms with Crippen LogP contribution in [0.4, 0.5) is 52.7 Å². The average Bonchev–Trinajstić information content (AvgIpc) is 2.65. The van der Waals surface area contributed by atoms with E-state index in [0.29, 0.717) is 24.3 Å². The number of ketones is 1. The summed E-state index contributed by atoms with van der Waals surface area (Å²) in [5.41, 5.74) is -6.87. The van der Waals surface area contributed by atoms with Crippen molar-refractivity contribution in [3.05, 3.63) is 69.8 Å². The van der Waals surface area contributed by atoms with Crippen molar-refractivity contribution in [2.45, 2.75) is 44.7 Å². The summed E-state index contributed by atoms with van der Waals surface area (Å²) in [5.74, 6) is -0.860. The van der Waals surface area contributed by atoms with E-state index in [4.69, 9.17) is 5.11 Å². The maximum Gasteiger partial charge on any atom is 0.416 e. The van der Waals surface area contributed by atoms with Crippen LogP contribution in [0.3, 0.4) is 0 Å². The number of halogens is 12. The van der Waals surface area contributed by atoms with Crippen molar-refractivity contribution in [2.75, 3.05) is 0 Å². The van der Waals surface area contributed by atoms with Crippen molar-refractivity contribution < 1.29 is 62.6 Å². The zero-order chi connectivity index (χ0) is 26.9. The quantitative estimate of drug-likeness (QED) is 0.330. The van der Waals surface area contributed by atoms with Gasteiger partial charge in [0.05, 0.1) is 28.4 Å². The first-order valence-electron chi connectivity index (χ1n) is 8.81. The molecule has 0 radical (unpaired) electrons. The van der Waals surface area contributed by atoms with Crippen molar-refractivity contribution in [1.29, 1.82) is 0 Å². The molecule has 0 aliphatic heterocycles. The Morgan fingerprint density at radius 3 is 1.09 bits per heavy atom. The molecular formula is C20H14F12O2. The number of alkyl halides is 12. The predicted octanol–water partition coefficient (Wildman–Crippen LogP) is 7.70. The standard InChI is InChI=1S/C10H8F6O.C10H6F6O/c2*1-5(17)6-2-7(9(11,12)13)4-8(3-6)10(14,15)16/h2-5,17H,1H3;2-4H,1H3/t5-;/m0./s1. The lowest BCUT2D eigenvalue weighted by atomic mass is 10.0. The second-order valence-corrected chi connectivity index (χ2v) is 6.87. The second-order valence-electron chi connectivity index (χ2n) is 6.87. The number of benzene rings is 2. The van der Waals surface area contributed by atoms with Crippen LogP contribution >= 0.6 is 0 Å². The Bertz CT molecular complexity index is 948. The lowest BCUT2D eigenvalue weighted by Gasteiger charge is -2.15. The molecule has 2 nitrogen and oxygen atoms in total. The zero-order valence-electron chi connectivity index (χ0n) is 16.9. The number of rotatable bonds is 2. The molecule has 2 rings (SSSR count). The van der Waals surface area contributed by atoms with Crippen molar-refractivity contribution in [2.24, 2.45) is 0 Å². The Labute approximate surface area is 183 Å². The van der Waals surface area contributed by atoms with Gasteiger partial charge in [-0.05, 0) is 55.8 Å². The predicted molar refractivity (Wildman–Crippen MR) is 93.5 cm³/mol. The van der Waals surface area contributed by atoms with Gasteiger partial charge in [-0.25, -0.2) is 0 Å². The molecule has 0 bridgehead atoms. The summed E-state index contributed by atoms with van der Waals surface area (Å²) in [6.07, 6.45) is -21.0. The lowest BCUT2D eigenvalue weighted by molar-refractivity contribution is -0.144. The largest absolute Gasteiger partial charge is 0.416 e. The van der Waals surface area contributed by atoms with Crippen LogP contribution in [-0.4, -0.2) is 10.9 Å². The van der Waals surface area contributed by atoms with Crippen LogP contribution in [0.15, 0.2) is 36.4 Å². The molecule has 0 fully saturated rings. The Morgan fingerprint density at radius 2 is 0.882 bits per heavy atom. The number of aliphatic hydroxyl groups excluding tert-OH is 1. The van der Waals surface area contributed by atoms with E-state index in [0.717, 1.165) is 13.8 Å². The molecule has 2 aromatic rings. The van der Waals surface area contributed by atoms with E-state index in [2.05, 4.69) is 0 Å². The van der Waals surface area contributed by atoms with Crippen molar-refractivity contribution in [1.82, 2.24) is 0 Å². The van der Waals surface area contributed by atoms with E-state index in [9.17, 15) is 57.5 Å². The number of Topliss-reactive ketones (excluding diaryl/α,β-unsaturated/α-hetero) is 1. The van der Waals surface area contributed by atoms with Gasteiger partial charge in [0.1, 0.15) is 0 Å². The van der Waals surface area contributed by atoms with E-state index in [-0.39, 0.29) is 12.1 Å². The topological polar surface area (TPSA) is 37.3 Å². The summed E-state index contributed by atoms with van der Waals surface area (Å²) in [5, 5.41) is 9.07. The highest BCUT2D eigenvalue weighted by atomic mass is 19.4. The van der Waals surface area contributed by atoms with Crippen LogP contribution in [0.2, 0.25) is 0 Å². The fourth-order valence-electron chi connectivity index (χ4n) is 2.38. The van der Waals surface area contributed by atoms with Gasteiger partial charge in [-0.2, -0.15) is 52.7 Å². The Morgan fingerprint density at radius 1 is 0.618 bits per heavy atom. The highest BCUT2D eigenvalue weighted by Gasteiger charge is 2.38. The number of aliphatic hydroxyl groups is 1. The minimum Gasteiger partial charge on any atom is -0.389 e. The average molecular weight is 514 g/mol. The first-order chi connectivity index (χ1) is 15.0. The molecule has 0 amide bonds. The Hall–Kier alpha value is -2.77. The van der Waals surface area contributed by atoms with E-state index in [1.54, 1.807) is 0 Å². The van der Waals surface area contributed by atoms with E-state index in [1.807, 2.05) is 0 Å². The fraction of sp³-hybridized carbons (Fsp3) is 0.350. The number of hydrogen-bond acceptors (Lipinski definition) is 2. The molecule has 1 N–H and O–H groups in total. The molecule has 34 heavy (non-hydrogen) atoms. The Balaban J connectivity index is 0.000000340. The van der Waals surface area contributed by atoms with Gasteiger partial charge in [-0.15, -0.1) is 0 Å². The van der Waals surface area contributed by atoms with Gasteiger partial charge in [-0.1, -0.05) is 0 Å². The third-order valence-corrected chi connectivity index (χ3v) is 4.09. The maximum absolute atomic E-state index is 12.4. The molecule has 0 saturated heterocycles. The normalized spacial score (nSPS) is 13.7. The minimum atomic E-state index is -4.93. The van der Waals surface area contributed by atoms with Crippen LogP contribution in [0.1, 0.15) is 58.1 Å². The van der Waals surface area contributed by atoms with Gasteiger partial charge in [-0.3, -0.25) is 4.79 Å². The number of carbonyl (C=O) groups is 1. The van der Waals surface area contributed by atoms with Crippen LogP contribution in [0, 0.1) is 0 Å². The van der Waals surface area contributed by atoms with Gasteiger partial charge in [0, 0.05) is 5.56 Å². The van der Waals surface area contributed by atoms with E-state index < -0.39 is 70.0 Å². The van der Waals surface area contributed by atoms with Crippen LogP contribution in [0.5, 0.6) is 0 Å². The van der Waals surface area contributed by atoms with Gasteiger partial charge < -0.3 is 5.11 Å². The highest BCUT2D eigenvalue weighted by Crippen LogP contribution is 2.38. The third-order valence-electron chi connectivity index (χ3n) is 4.09. The van der Waals surface area contributed by atoms with E-state index in [1.165, 1.54) is 0 Å². The number of hydrogen-bond donors (Lipinski definition) is 1. The van der Waals surface area contributed by atoms with Crippen LogP contribution < -0.4 is 0 Å². The fourth-order valence-corrected chi connectivity index (χ4v) is 2.38. The molecule has 14 heteroatoms. The molecule has 0 aliphatic rings. The van der Waals surface area contributed by atoms with Gasteiger partial charge in [0.2, 0.25) is 0 Å². The zero-order valence-corrected chi connectivity index (χ0v) is 16.9. The molecular weight excluding hydrogens is 500 g/mol. The summed E-state index contributed by atoms with van der Waals surface area (Å²) in [7, 11) is 0. The summed E-state index contributed by atoms with van der Waals surface area (Å²) in [6.45, 7) is 1.99. The first-order valence-corrected chi connectivity index (χ1v) is 8.81. The lowest BCUT2D eigenvalue weighted by Crippen LogP contribution is -2.12. The summed E-state index contributed by atoms with van der Waals surface area (Å²) < 4.78 is 148. The minimum absolute atomic E-state index is 0.0197. The van der Waals surface area contributed by atoms with Gasteiger partial charge in [0.25, 0.3) is 0 Å². The monoisotopic (exact) mass is 514 g/mol. The highest BCUT2D eigenvalue weighted by molar-refractivity contribution is 5.94. The second kappa shape index (κ2) is 9.84. The van der Waals surface area contributed by atoms with Crippen LogP contribution in [-0.2, 0) is 24.7 Å². The maximum atomic E-state index is 12.4. The van der Waals surface area contributed by atoms with Crippen molar-refractivity contribution >= 4 is 5.78 Å². The van der Waals surface area contributed by atoms with Crippen LogP contribution in [0.25, 0.3) is 0 Å². The molecule has 2 aromatic carbocycles. The molecule has 0 aromatic heterocycles. The van der Waals surface area contributed by atoms with Gasteiger partial charge >= 0.3 is 24.7 Å². The van der Waals surface area contributed by atoms with Crippen molar-refractivity contribution in [3.8, 4) is 0 Å². The molecule has 190 valence electrons. The SMILES string of the molecule is CC(=O)c1cc(C(F)(F)F)cc(C(F)(F)F)c1.C[C@H](O)c1cc(C(F)(F)F)cc(C(F)(F)F)c1. The summed E-state index contributed by atoms with van der Waals surface area (Å²) in [4.78, 5) is 10.9. The molecule has 1 atom stereocenters. The molecule has 0 unspecified atom stereocenters. The summed E-state index contributed by atoms with van der Waals surface area (Å²) >= 11 is 0. The molecule has 0 saturated carbocycles. The Kier molecular flexibility index (Phi) is 8.47. The van der Waals surface area contributed by atoms with Crippen molar-refractivity contribution in [3.63, 3.8) is 0 Å². The number of carbonyl (C=O) groups excluding carboxylic acids is 1. The molecule has 0 heterocycles. The van der Waals surface area contributed by atoms with Gasteiger partial charge in [0.15, 0.2) is 5.78 Å².